The Morgan fingerprint density at radius 1 is 1.35 bits per heavy atom. The van der Waals surface area contributed by atoms with Crippen LogP contribution in [0.15, 0.2) is 22.7 Å². The third-order valence-electron chi connectivity index (χ3n) is 2.37. The first kappa shape index (κ1) is 16.0. The fourth-order valence-corrected chi connectivity index (χ4v) is 1.69. The van der Waals surface area contributed by atoms with Crippen molar-refractivity contribution in [1.29, 1.82) is 0 Å². The van der Waals surface area contributed by atoms with Crippen molar-refractivity contribution < 1.29 is 19.1 Å². The van der Waals surface area contributed by atoms with Crippen LogP contribution in [-0.2, 0) is 9.53 Å². The molecule has 1 unspecified atom stereocenters. The van der Waals surface area contributed by atoms with Gasteiger partial charge in [0.2, 0.25) is 0 Å². The largest absolute Gasteiger partial charge is 0.449 e. The van der Waals surface area contributed by atoms with E-state index >= 15 is 0 Å². The number of halogens is 1. The summed E-state index contributed by atoms with van der Waals surface area (Å²) in [7, 11) is 1.36. The molecular weight excluding hydrogens is 330 g/mol. The number of hydrogen-bond acceptors (Lipinski definition) is 5. The zero-order valence-electron chi connectivity index (χ0n) is 10.9. The molecule has 1 rings (SSSR count). The smallest absolute Gasteiger partial charge is 0.340 e. The molecule has 108 valence electrons. The number of amides is 3. The van der Waals surface area contributed by atoms with E-state index in [2.05, 4.69) is 21.2 Å². The van der Waals surface area contributed by atoms with E-state index in [0.29, 0.717) is 10.2 Å². The number of imide groups is 1. The maximum Gasteiger partial charge on any atom is 0.340 e. The van der Waals surface area contributed by atoms with Crippen molar-refractivity contribution in [2.75, 3.05) is 12.8 Å². The van der Waals surface area contributed by atoms with Crippen molar-refractivity contribution in [2.45, 2.75) is 13.0 Å². The third-order valence-corrected chi connectivity index (χ3v) is 3.25. The van der Waals surface area contributed by atoms with Crippen molar-refractivity contribution in [3.05, 3.63) is 28.2 Å². The standard InChI is InChI=1S/C12H14BrN3O4/c1-6(10(17)16-12(19)15-2)20-11(18)7-4-3-5-8(14)9(7)13/h3-6H,14H2,1-2H3,(H2,15,16,17,19). The van der Waals surface area contributed by atoms with Crippen LogP contribution in [0.1, 0.15) is 17.3 Å². The lowest BCUT2D eigenvalue weighted by Gasteiger charge is -2.13. The zero-order valence-corrected chi connectivity index (χ0v) is 12.5. The zero-order chi connectivity index (χ0) is 15.3. The Bertz CT molecular complexity index is 548. The van der Waals surface area contributed by atoms with Gasteiger partial charge in [-0.15, -0.1) is 0 Å². The summed E-state index contributed by atoms with van der Waals surface area (Å²) in [5.41, 5.74) is 6.22. The van der Waals surface area contributed by atoms with Crippen molar-refractivity contribution in [1.82, 2.24) is 10.6 Å². The number of nitrogen functional groups attached to an aromatic ring is 1. The molecule has 0 aliphatic carbocycles. The number of carbonyl (C=O) groups is 3. The molecule has 0 fully saturated rings. The first-order valence-corrected chi connectivity index (χ1v) is 6.43. The Balaban J connectivity index is 2.73. The van der Waals surface area contributed by atoms with E-state index in [-0.39, 0.29) is 5.56 Å². The summed E-state index contributed by atoms with van der Waals surface area (Å²) < 4.78 is 5.36. The molecular formula is C12H14BrN3O4. The number of benzene rings is 1. The van der Waals surface area contributed by atoms with Crippen LogP contribution in [0.5, 0.6) is 0 Å². The maximum atomic E-state index is 11.9. The van der Waals surface area contributed by atoms with Crippen molar-refractivity contribution in [3.8, 4) is 0 Å². The van der Waals surface area contributed by atoms with Crippen molar-refractivity contribution in [2.24, 2.45) is 0 Å². The van der Waals surface area contributed by atoms with Gasteiger partial charge in [-0.3, -0.25) is 10.1 Å². The van der Waals surface area contributed by atoms with Gasteiger partial charge >= 0.3 is 12.0 Å². The second-order valence-electron chi connectivity index (χ2n) is 3.82. The normalized spacial score (nSPS) is 11.3. The lowest BCUT2D eigenvalue weighted by Crippen LogP contribution is -2.43. The Kier molecular flexibility index (Phi) is 5.51. The van der Waals surface area contributed by atoms with E-state index in [1.54, 1.807) is 12.1 Å². The molecule has 4 N–H and O–H groups in total. The van der Waals surface area contributed by atoms with Gasteiger partial charge in [0, 0.05) is 12.7 Å². The van der Waals surface area contributed by atoms with Gasteiger partial charge in [0.1, 0.15) is 0 Å². The summed E-state index contributed by atoms with van der Waals surface area (Å²) in [5.74, 6) is -1.44. The Morgan fingerprint density at radius 3 is 2.60 bits per heavy atom. The number of nitrogens with two attached hydrogens (primary N) is 1. The lowest BCUT2D eigenvalue weighted by molar-refractivity contribution is -0.127. The molecule has 20 heavy (non-hydrogen) atoms. The van der Waals surface area contributed by atoms with Gasteiger partial charge in [0.15, 0.2) is 6.10 Å². The van der Waals surface area contributed by atoms with Crippen LogP contribution in [0, 0.1) is 0 Å². The summed E-state index contributed by atoms with van der Waals surface area (Å²) in [6.45, 7) is 1.36. The number of urea groups is 1. The van der Waals surface area contributed by atoms with E-state index in [0.717, 1.165) is 0 Å². The second-order valence-corrected chi connectivity index (χ2v) is 4.62. The molecule has 0 saturated carbocycles. The summed E-state index contributed by atoms with van der Waals surface area (Å²) in [6.07, 6.45) is -1.12. The van der Waals surface area contributed by atoms with Crippen molar-refractivity contribution in [3.63, 3.8) is 0 Å². The fourth-order valence-electron chi connectivity index (χ4n) is 1.26. The molecule has 1 atom stereocenters. The quantitative estimate of drug-likeness (QED) is 0.560. The van der Waals surface area contributed by atoms with Crippen LogP contribution in [0.3, 0.4) is 0 Å². The van der Waals surface area contributed by atoms with Crippen LogP contribution < -0.4 is 16.4 Å². The molecule has 0 aliphatic heterocycles. The lowest BCUT2D eigenvalue weighted by atomic mass is 10.2. The molecule has 3 amide bonds. The molecule has 0 spiro atoms. The average molecular weight is 344 g/mol. The molecule has 0 saturated heterocycles. The molecule has 0 heterocycles. The molecule has 0 aromatic heterocycles. The second kappa shape index (κ2) is 6.90. The van der Waals surface area contributed by atoms with Gasteiger partial charge in [-0.05, 0) is 35.0 Å². The minimum absolute atomic E-state index is 0.199. The topological polar surface area (TPSA) is 111 Å². The van der Waals surface area contributed by atoms with Crippen LogP contribution >= 0.6 is 15.9 Å². The van der Waals surface area contributed by atoms with E-state index in [9.17, 15) is 14.4 Å². The van der Waals surface area contributed by atoms with Gasteiger partial charge in [-0.25, -0.2) is 9.59 Å². The number of esters is 1. The fraction of sp³-hybridized carbons (Fsp3) is 0.250. The predicted octanol–water partition coefficient (Wildman–Crippen LogP) is 1.03. The Hall–Kier alpha value is -2.09. The highest BCUT2D eigenvalue weighted by Gasteiger charge is 2.22. The van der Waals surface area contributed by atoms with Gasteiger partial charge in [-0.1, -0.05) is 6.07 Å². The number of anilines is 1. The summed E-state index contributed by atoms with van der Waals surface area (Å²) >= 11 is 3.17. The highest BCUT2D eigenvalue weighted by atomic mass is 79.9. The Morgan fingerprint density at radius 2 is 2.00 bits per heavy atom. The minimum Gasteiger partial charge on any atom is -0.449 e. The first-order chi connectivity index (χ1) is 9.36. The monoisotopic (exact) mass is 343 g/mol. The molecule has 0 bridgehead atoms. The van der Waals surface area contributed by atoms with Gasteiger partial charge in [0.05, 0.1) is 10.0 Å². The third kappa shape index (κ3) is 3.95. The molecule has 7 nitrogen and oxygen atoms in total. The summed E-state index contributed by atoms with van der Waals surface area (Å²) in [5, 5.41) is 4.23. The van der Waals surface area contributed by atoms with E-state index < -0.39 is 24.0 Å². The van der Waals surface area contributed by atoms with E-state index in [1.165, 1.54) is 20.0 Å². The molecule has 1 aromatic carbocycles. The maximum absolute atomic E-state index is 11.9. The van der Waals surface area contributed by atoms with Crippen LogP contribution in [0.2, 0.25) is 0 Å². The van der Waals surface area contributed by atoms with Gasteiger partial charge < -0.3 is 15.8 Å². The number of carbonyl (C=O) groups excluding carboxylic acids is 3. The number of rotatable bonds is 3. The Labute approximate surface area is 124 Å². The van der Waals surface area contributed by atoms with Crippen LogP contribution in [0.4, 0.5) is 10.5 Å². The number of hydrogen-bond donors (Lipinski definition) is 3. The summed E-state index contributed by atoms with van der Waals surface area (Å²) in [4.78, 5) is 34.4. The number of nitrogens with one attached hydrogen (secondary N) is 2. The molecule has 0 radical (unpaired) electrons. The summed E-state index contributed by atoms with van der Waals surface area (Å²) in [6, 6.07) is 4.03. The SMILES string of the molecule is CNC(=O)NC(=O)C(C)OC(=O)c1cccc(N)c1Br. The van der Waals surface area contributed by atoms with Crippen LogP contribution in [0.25, 0.3) is 0 Å². The van der Waals surface area contributed by atoms with Gasteiger partial charge in [0.25, 0.3) is 5.91 Å². The molecule has 8 heteroatoms. The number of ether oxygens (including phenoxy) is 1. The minimum atomic E-state index is -1.12. The molecule has 1 aromatic rings. The van der Waals surface area contributed by atoms with E-state index in [1.807, 2.05) is 5.32 Å². The predicted molar refractivity (Wildman–Crippen MR) is 76.0 cm³/mol. The average Bonchev–Trinajstić information content (AvgIpc) is 2.41. The highest BCUT2D eigenvalue weighted by Crippen LogP contribution is 2.24. The van der Waals surface area contributed by atoms with E-state index in [4.69, 9.17) is 10.5 Å². The molecule has 0 aliphatic rings. The van der Waals surface area contributed by atoms with Crippen LogP contribution in [-0.4, -0.2) is 31.1 Å². The highest BCUT2D eigenvalue weighted by molar-refractivity contribution is 9.10. The van der Waals surface area contributed by atoms with Gasteiger partial charge in [-0.2, -0.15) is 0 Å². The first-order valence-electron chi connectivity index (χ1n) is 5.64. The van der Waals surface area contributed by atoms with Crippen molar-refractivity contribution >= 4 is 39.5 Å².